The van der Waals surface area contributed by atoms with Crippen molar-refractivity contribution in [2.75, 3.05) is 5.32 Å². The van der Waals surface area contributed by atoms with Crippen LogP contribution < -0.4 is 10.6 Å². The number of hydrogen-bond donors (Lipinski definition) is 2. The molecule has 0 radical (unpaired) electrons. The zero-order valence-corrected chi connectivity index (χ0v) is 14.9. The third-order valence-corrected chi connectivity index (χ3v) is 4.01. The number of carbonyl (C=O) groups is 1. The highest BCUT2D eigenvalue weighted by molar-refractivity contribution is 7.80. The Balaban J connectivity index is 1.68. The minimum atomic E-state index is -0.427. The van der Waals surface area contributed by atoms with Crippen LogP contribution >= 0.6 is 23.8 Å². The SMILES string of the molecule is Cc1cccc(NC(=S)NC(=O)c2ccc(-c3ccccc3Cl)o2)c1. The van der Waals surface area contributed by atoms with Gasteiger partial charge in [0, 0.05) is 11.3 Å². The Morgan fingerprint density at radius 2 is 1.88 bits per heavy atom. The normalized spacial score (nSPS) is 10.3. The Morgan fingerprint density at radius 1 is 1.08 bits per heavy atom. The minimum Gasteiger partial charge on any atom is -0.451 e. The standard InChI is InChI=1S/C19H15ClN2O2S/c1-12-5-4-6-13(11-12)21-19(25)22-18(23)17-10-9-16(24-17)14-7-2-3-8-15(14)20/h2-11H,1H3,(H2,21,22,23,25). The van der Waals surface area contributed by atoms with Gasteiger partial charge < -0.3 is 9.73 Å². The number of benzene rings is 2. The topological polar surface area (TPSA) is 54.3 Å². The summed E-state index contributed by atoms with van der Waals surface area (Å²) in [6, 6.07) is 18.2. The molecule has 1 heterocycles. The van der Waals surface area contributed by atoms with Crippen LogP contribution in [0.1, 0.15) is 16.1 Å². The summed E-state index contributed by atoms with van der Waals surface area (Å²) in [5.74, 6) is 0.250. The summed E-state index contributed by atoms with van der Waals surface area (Å²) in [4.78, 5) is 12.3. The fraction of sp³-hybridized carbons (Fsp3) is 0.0526. The van der Waals surface area contributed by atoms with Gasteiger partial charge in [-0.2, -0.15) is 0 Å². The summed E-state index contributed by atoms with van der Waals surface area (Å²) in [5, 5.41) is 6.32. The number of anilines is 1. The van der Waals surface area contributed by atoms with Crippen LogP contribution in [-0.4, -0.2) is 11.0 Å². The monoisotopic (exact) mass is 370 g/mol. The predicted octanol–water partition coefficient (Wildman–Crippen LogP) is 5.04. The molecule has 0 fully saturated rings. The van der Waals surface area contributed by atoms with E-state index in [1.54, 1.807) is 18.2 Å². The lowest BCUT2D eigenvalue weighted by Crippen LogP contribution is -2.33. The van der Waals surface area contributed by atoms with E-state index in [4.69, 9.17) is 28.2 Å². The Bertz CT molecular complexity index is 936. The van der Waals surface area contributed by atoms with Gasteiger partial charge in [0.2, 0.25) is 0 Å². The van der Waals surface area contributed by atoms with Crippen molar-refractivity contribution in [3.8, 4) is 11.3 Å². The zero-order chi connectivity index (χ0) is 17.8. The van der Waals surface area contributed by atoms with Gasteiger partial charge in [0.1, 0.15) is 5.76 Å². The van der Waals surface area contributed by atoms with Crippen LogP contribution in [0.4, 0.5) is 5.69 Å². The molecule has 126 valence electrons. The van der Waals surface area contributed by atoms with E-state index in [9.17, 15) is 4.79 Å². The van der Waals surface area contributed by atoms with E-state index in [-0.39, 0.29) is 10.9 Å². The van der Waals surface area contributed by atoms with Crippen LogP contribution in [0, 0.1) is 6.92 Å². The lowest BCUT2D eigenvalue weighted by Gasteiger charge is -2.09. The van der Waals surface area contributed by atoms with E-state index in [0.29, 0.717) is 10.8 Å². The molecule has 3 aromatic rings. The van der Waals surface area contributed by atoms with Gasteiger partial charge in [-0.05, 0) is 61.1 Å². The lowest BCUT2D eigenvalue weighted by atomic mass is 10.2. The Labute approximate surface area is 155 Å². The van der Waals surface area contributed by atoms with Crippen LogP contribution in [0.25, 0.3) is 11.3 Å². The molecule has 6 heteroatoms. The van der Waals surface area contributed by atoms with Crippen molar-refractivity contribution >= 4 is 40.5 Å². The van der Waals surface area contributed by atoms with Crippen molar-refractivity contribution in [1.29, 1.82) is 0 Å². The van der Waals surface area contributed by atoms with Crippen LogP contribution in [0.3, 0.4) is 0 Å². The number of nitrogens with one attached hydrogen (secondary N) is 2. The van der Waals surface area contributed by atoms with E-state index >= 15 is 0 Å². The summed E-state index contributed by atoms with van der Waals surface area (Å²) in [5.41, 5.74) is 2.62. The van der Waals surface area contributed by atoms with E-state index in [1.165, 1.54) is 0 Å². The van der Waals surface area contributed by atoms with E-state index in [1.807, 2.05) is 49.4 Å². The Morgan fingerprint density at radius 3 is 2.64 bits per heavy atom. The Hall–Kier alpha value is -2.63. The highest BCUT2D eigenvalue weighted by atomic mass is 35.5. The highest BCUT2D eigenvalue weighted by Crippen LogP contribution is 2.28. The average molecular weight is 371 g/mol. The molecule has 1 aromatic heterocycles. The predicted molar refractivity (Wildman–Crippen MR) is 104 cm³/mol. The van der Waals surface area contributed by atoms with E-state index in [2.05, 4.69) is 10.6 Å². The molecule has 0 atom stereocenters. The summed E-state index contributed by atoms with van der Waals surface area (Å²) in [6.45, 7) is 1.98. The maximum Gasteiger partial charge on any atom is 0.293 e. The quantitative estimate of drug-likeness (QED) is 0.634. The molecule has 3 rings (SSSR count). The molecule has 4 nitrogen and oxygen atoms in total. The first-order valence-electron chi connectivity index (χ1n) is 7.56. The molecule has 0 spiro atoms. The van der Waals surface area contributed by atoms with Crippen LogP contribution in [0.2, 0.25) is 5.02 Å². The molecule has 0 aliphatic rings. The largest absolute Gasteiger partial charge is 0.451 e. The molecule has 0 saturated carbocycles. The van der Waals surface area contributed by atoms with Gasteiger partial charge in [-0.25, -0.2) is 0 Å². The molecule has 0 unspecified atom stereocenters. The molecule has 0 aliphatic carbocycles. The lowest BCUT2D eigenvalue weighted by molar-refractivity contribution is 0.0951. The van der Waals surface area contributed by atoms with Crippen LogP contribution in [-0.2, 0) is 0 Å². The minimum absolute atomic E-state index is 0.156. The number of carbonyl (C=O) groups excluding carboxylic acids is 1. The van der Waals surface area contributed by atoms with Crippen molar-refractivity contribution in [2.24, 2.45) is 0 Å². The second-order valence-corrected chi connectivity index (χ2v) is 6.24. The summed E-state index contributed by atoms with van der Waals surface area (Å²) in [7, 11) is 0. The van der Waals surface area contributed by atoms with E-state index < -0.39 is 5.91 Å². The number of rotatable bonds is 3. The van der Waals surface area contributed by atoms with Crippen molar-refractivity contribution in [1.82, 2.24) is 5.32 Å². The third kappa shape index (κ3) is 4.26. The summed E-state index contributed by atoms with van der Waals surface area (Å²) < 4.78 is 5.60. The van der Waals surface area contributed by atoms with Crippen molar-refractivity contribution in [3.63, 3.8) is 0 Å². The van der Waals surface area contributed by atoms with Crippen molar-refractivity contribution < 1.29 is 9.21 Å². The fourth-order valence-corrected chi connectivity index (χ4v) is 2.75. The third-order valence-electron chi connectivity index (χ3n) is 3.47. The fourth-order valence-electron chi connectivity index (χ4n) is 2.32. The van der Waals surface area contributed by atoms with Gasteiger partial charge in [0.15, 0.2) is 10.9 Å². The average Bonchev–Trinajstić information content (AvgIpc) is 3.05. The van der Waals surface area contributed by atoms with E-state index in [0.717, 1.165) is 16.8 Å². The second-order valence-electron chi connectivity index (χ2n) is 5.42. The smallest absolute Gasteiger partial charge is 0.293 e. The second kappa shape index (κ2) is 7.51. The van der Waals surface area contributed by atoms with Crippen LogP contribution in [0.5, 0.6) is 0 Å². The van der Waals surface area contributed by atoms with Crippen molar-refractivity contribution in [2.45, 2.75) is 6.92 Å². The first-order valence-corrected chi connectivity index (χ1v) is 8.35. The van der Waals surface area contributed by atoms with Gasteiger partial charge >= 0.3 is 0 Å². The van der Waals surface area contributed by atoms with Gasteiger partial charge in [-0.1, -0.05) is 35.9 Å². The molecular weight excluding hydrogens is 356 g/mol. The molecule has 1 amide bonds. The first-order chi connectivity index (χ1) is 12.0. The number of hydrogen-bond acceptors (Lipinski definition) is 3. The van der Waals surface area contributed by atoms with Crippen molar-refractivity contribution in [3.05, 3.63) is 77.0 Å². The summed E-state index contributed by atoms with van der Waals surface area (Å²) >= 11 is 11.3. The van der Waals surface area contributed by atoms with Crippen LogP contribution in [0.15, 0.2) is 65.1 Å². The number of furan rings is 1. The Kier molecular flexibility index (Phi) is 5.16. The first kappa shape index (κ1) is 17.2. The van der Waals surface area contributed by atoms with Gasteiger partial charge in [-0.3, -0.25) is 10.1 Å². The molecular formula is C19H15ClN2O2S. The number of amides is 1. The number of thiocarbonyl (C=S) groups is 1. The number of aryl methyl sites for hydroxylation is 1. The van der Waals surface area contributed by atoms with Gasteiger partial charge in [-0.15, -0.1) is 0 Å². The zero-order valence-electron chi connectivity index (χ0n) is 13.4. The summed E-state index contributed by atoms with van der Waals surface area (Å²) in [6.07, 6.45) is 0. The molecule has 25 heavy (non-hydrogen) atoms. The molecule has 0 aliphatic heterocycles. The molecule has 2 aromatic carbocycles. The molecule has 0 saturated heterocycles. The van der Waals surface area contributed by atoms with Gasteiger partial charge in [0.05, 0.1) is 5.02 Å². The maximum absolute atomic E-state index is 12.3. The molecule has 0 bridgehead atoms. The molecule has 2 N–H and O–H groups in total. The maximum atomic E-state index is 12.3. The van der Waals surface area contributed by atoms with Gasteiger partial charge in [0.25, 0.3) is 5.91 Å². The highest BCUT2D eigenvalue weighted by Gasteiger charge is 2.15. The number of halogens is 1.